The van der Waals surface area contributed by atoms with Gasteiger partial charge in [0.15, 0.2) is 6.10 Å². The molecule has 0 N–H and O–H groups in total. The molecule has 0 aromatic rings. The van der Waals surface area contributed by atoms with Crippen molar-refractivity contribution in [3.63, 3.8) is 0 Å². The van der Waals surface area contributed by atoms with Crippen molar-refractivity contribution in [1.82, 2.24) is 0 Å². The van der Waals surface area contributed by atoms with Gasteiger partial charge in [0.2, 0.25) is 0 Å². The third-order valence-electron chi connectivity index (χ3n) is 11.9. The summed E-state index contributed by atoms with van der Waals surface area (Å²) < 4.78 is 16.8. The molecule has 6 nitrogen and oxygen atoms in total. The molecule has 0 aliphatic rings. The smallest absolute Gasteiger partial charge is 0.306 e. The van der Waals surface area contributed by atoms with Crippen LogP contribution in [0.15, 0.2) is 109 Å². The van der Waals surface area contributed by atoms with Crippen molar-refractivity contribution in [2.45, 2.75) is 258 Å². The number of carbonyl (C=O) groups excluding carboxylic acids is 3. The molecule has 0 bridgehead atoms. The van der Waals surface area contributed by atoms with Crippen LogP contribution in [0.25, 0.3) is 0 Å². The molecule has 0 saturated heterocycles. The minimum atomic E-state index is -0.808. The van der Waals surface area contributed by atoms with Crippen LogP contribution in [0.1, 0.15) is 252 Å². The molecule has 0 amide bonds. The molecule has 0 rings (SSSR count). The van der Waals surface area contributed by atoms with Crippen LogP contribution in [0.2, 0.25) is 0 Å². The van der Waals surface area contributed by atoms with E-state index in [-0.39, 0.29) is 31.1 Å². The Hall–Kier alpha value is -3.93. The Morgan fingerprint density at radius 1 is 0.304 bits per heavy atom. The Kier molecular flexibility index (Phi) is 53.4. The molecule has 1 atom stereocenters. The first-order valence-electron chi connectivity index (χ1n) is 28.5. The maximum absolute atomic E-state index is 12.9. The number of ether oxygens (including phenoxy) is 3. The standard InChI is InChI=1S/C63H104O6/c1-4-7-10-13-16-19-22-25-28-30-32-35-38-41-44-47-50-53-56-62(65)68-59-60(58-67-61(64)55-52-49-46-43-40-37-34-27-24-21-18-15-12-9-6-3)69-63(66)57-54-51-48-45-42-39-36-33-31-29-26-23-20-17-14-11-8-5-2/h9,12,15,18,21-22,24-25,27-36,60H,4-8,10-11,13-14,16-17,19-20,23,26,37-59H2,1-3H3/b12-9-,18-15-,24-21-,25-22-,30-28-,31-29-,34-27-,35-32-,36-33-. The number of rotatable bonds is 50. The minimum Gasteiger partial charge on any atom is -0.462 e. The number of allylic oxidation sites excluding steroid dienone is 18. The van der Waals surface area contributed by atoms with E-state index in [2.05, 4.69) is 112 Å². The Morgan fingerprint density at radius 3 is 0.899 bits per heavy atom. The molecule has 0 aliphatic carbocycles. The molecule has 0 radical (unpaired) electrons. The van der Waals surface area contributed by atoms with E-state index in [4.69, 9.17) is 14.2 Å². The molecule has 0 aromatic carbocycles. The minimum absolute atomic E-state index is 0.105. The predicted octanol–water partition coefficient (Wildman–Crippen LogP) is 19.1. The molecule has 0 fully saturated rings. The monoisotopic (exact) mass is 957 g/mol. The van der Waals surface area contributed by atoms with Gasteiger partial charge in [-0.05, 0) is 89.9 Å². The molecule has 0 aromatic heterocycles. The Labute approximate surface area is 425 Å². The largest absolute Gasteiger partial charge is 0.462 e. The van der Waals surface area contributed by atoms with Crippen LogP contribution in [0, 0.1) is 0 Å². The SMILES string of the molecule is CC\C=C/C=C\C=C/C=C\CCCCCCCC(=O)OCC(COC(=O)CCCCCCC\C=C/C=C\C=C/CCCCCCC)OC(=O)CCCCCCC/C=C\C=C/CCCCCCCCC. The first-order chi connectivity index (χ1) is 34.0. The zero-order chi connectivity index (χ0) is 50.0. The highest BCUT2D eigenvalue weighted by molar-refractivity contribution is 5.71. The number of carbonyl (C=O) groups is 3. The lowest BCUT2D eigenvalue weighted by Gasteiger charge is -2.18. The highest BCUT2D eigenvalue weighted by Gasteiger charge is 2.19. The van der Waals surface area contributed by atoms with Gasteiger partial charge in [0.1, 0.15) is 13.2 Å². The van der Waals surface area contributed by atoms with Crippen LogP contribution < -0.4 is 0 Å². The van der Waals surface area contributed by atoms with Crippen LogP contribution in [0.3, 0.4) is 0 Å². The van der Waals surface area contributed by atoms with Crippen LogP contribution in [0.5, 0.6) is 0 Å². The topological polar surface area (TPSA) is 78.9 Å². The number of unbranched alkanes of at least 4 members (excludes halogenated alkanes) is 27. The zero-order valence-electron chi connectivity index (χ0n) is 44.8. The lowest BCUT2D eigenvalue weighted by Crippen LogP contribution is -2.30. The Morgan fingerprint density at radius 2 is 0.565 bits per heavy atom. The third-order valence-corrected chi connectivity index (χ3v) is 11.9. The van der Waals surface area contributed by atoms with Crippen molar-refractivity contribution < 1.29 is 28.6 Å². The van der Waals surface area contributed by atoms with E-state index in [9.17, 15) is 14.4 Å². The van der Waals surface area contributed by atoms with Gasteiger partial charge in [-0.3, -0.25) is 14.4 Å². The molecule has 0 heterocycles. The second kappa shape index (κ2) is 56.7. The maximum atomic E-state index is 12.9. The summed E-state index contributed by atoms with van der Waals surface area (Å²) in [6, 6.07) is 0. The van der Waals surface area contributed by atoms with Crippen LogP contribution in [0.4, 0.5) is 0 Å². The van der Waals surface area contributed by atoms with E-state index < -0.39 is 6.10 Å². The summed E-state index contributed by atoms with van der Waals surface area (Å²) in [5, 5.41) is 0. The fraction of sp³-hybridized carbons (Fsp3) is 0.667. The number of hydrogen-bond acceptors (Lipinski definition) is 6. The normalized spacial score (nSPS) is 12.9. The fourth-order valence-corrected chi connectivity index (χ4v) is 7.62. The summed E-state index contributed by atoms with van der Waals surface area (Å²) in [6.45, 7) is 6.43. The van der Waals surface area contributed by atoms with Crippen LogP contribution >= 0.6 is 0 Å². The van der Waals surface area contributed by atoms with Crippen molar-refractivity contribution >= 4 is 17.9 Å². The Balaban J connectivity index is 4.51. The van der Waals surface area contributed by atoms with Crippen LogP contribution in [-0.4, -0.2) is 37.2 Å². The summed E-state index contributed by atoms with van der Waals surface area (Å²) in [6.07, 6.45) is 76.4. The number of esters is 3. The molecule has 0 aliphatic heterocycles. The van der Waals surface area contributed by atoms with Gasteiger partial charge in [-0.1, -0.05) is 252 Å². The quantitative estimate of drug-likeness (QED) is 0.0262. The fourth-order valence-electron chi connectivity index (χ4n) is 7.62. The van der Waals surface area contributed by atoms with Crippen molar-refractivity contribution in [2.24, 2.45) is 0 Å². The van der Waals surface area contributed by atoms with Crippen molar-refractivity contribution in [3.8, 4) is 0 Å². The van der Waals surface area contributed by atoms with E-state index in [0.29, 0.717) is 19.3 Å². The van der Waals surface area contributed by atoms with E-state index in [1.54, 1.807) is 0 Å². The van der Waals surface area contributed by atoms with E-state index in [1.165, 1.54) is 83.5 Å². The van der Waals surface area contributed by atoms with Gasteiger partial charge >= 0.3 is 17.9 Å². The van der Waals surface area contributed by atoms with Gasteiger partial charge in [0.25, 0.3) is 0 Å². The van der Waals surface area contributed by atoms with Crippen LogP contribution in [-0.2, 0) is 28.6 Å². The average Bonchev–Trinajstić information content (AvgIpc) is 3.35. The van der Waals surface area contributed by atoms with Crippen molar-refractivity contribution in [2.75, 3.05) is 13.2 Å². The molecule has 1 unspecified atom stereocenters. The van der Waals surface area contributed by atoms with Gasteiger partial charge in [-0.25, -0.2) is 0 Å². The maximum Gasteiger partial charge on any atom is 0.306 e. The van der Waals surface area contributed by atoms with Gasteiger partial charge in [-0.2, -0.15) is 0 Å². The molecule has 6 heteroatoms. The zero-order valence-corrected chi connectivity index (χ0v) is 44.8. The van der Waals surface area contributed by atoms with E-state index >= 15 is 0 Å². The predicted molar refractivity (Wildman–Crippen MR) is 297 cm³/mol. The molecular weight excluding hydrogens is 853 g/mol. The lowest BCUT2D eigenvalue weighted by molar-refractivity contribution is -0.167. The van der Waals surface area contributed by atoms with Gasteiger partial charge in [0.05, 0.1) is 0 Å². The summed E-state index contributed by atoms with van der Waals surface area (Å²) >= 11 is 0. The molecular formula is C63H104O6. The summed E-state index contributed by atoms with van der Waals surface area (Å²) in [5.74, 6) is -0.961. The first-order valence-corrected chi connectivity index (χ1v) is 28.5. The van der Waals surface area contributed by atoms with Crippen molar-refractivity contribution in [1.29, 1.82) is 0 Å². The van der Waals surface area contributed by atoms with E-state index in [0.717, 1.165) is 128 Å². The first kappa shape index (κ1) is 65.1. The molecule has 0 saturated carbocycles. The second-order valence-corrected chi connectivity index (χ2v) is 18.6. The highest BCUT2D eigenvalue weighted by Crippen LogP contribution is 2.14. The summed E-state index contributed by atoms with van der Waals surface area (Å²) in [4.78, 5) is 38.2. The highest BCUT2D eigenvalue weighted by atomic mass is 16.6. The molecule has 0 spiro atoms. The lowest BCUT2D eigenvalue weighted by atomic mass is 10.1. The van der Waals surface area contributed by atoms with Gasteiger partial charge in [-0.15, -0.1) is 0 Å². The van der Waals surface area contributed by atoms with Gasteiger partial charge in [0, 0.05) is 19.3 Å². The second-order valence-electron chi connectivity index (χ2n) is 18.6. The Bertz CT molecular complexity index is 1420. The number of hydrogen-bond donors (Lipinski definition) is 0. The summed E-state index contributed by atoms with van der Waals surface area (Å²) in [5.41, 5.74) is 0. The molecule has 392 valence electrons. The van der Waals surface area contributed by atoms with E-state index in [1.807, 2.05) is 18.2 Å². The average molecular weight is 958 g/mol. The summed E-state index contributed by atoms with van der Waals surface area (Å²) in [7, 11) is 0. The molecule has 69 heavy (non-hydrogen) atoms. The van der Waals surface area contributed by atoms with Crippen molar-refractivity contribution in [3.05, 3.63) is 109 Å². The van der Waals surface area contributed by atoms with Gasteiger partial charge < -0.3 is 14.2 Å². The third kappa shape index (κ3) is 54.9.